The summed E-state index contributed by atoms with van der Waals surface area (Å²) in [4.78, 5) is 12.0. The maximum absolute atomic E-state index is 12.0. The molecule has 0 radical (unpaired) electrons. The van der Waals surface area contributed by atoms with E-state index in [0.717, 1.165) is 19.4 Å². The topological polar surface area (TPSA) is 61.4 Å². The van der Waals surface area contributed by atoms with Crippen molar-refractivity contribution in [1.29, 1.82) is 0 Å². The summed E-state index contributed by atoms with van der Waals surface area (Å²) in [6.07, 6.45) is 1.88. The fraction of sp³-hybridized carbons (Fsp3) is 0.462. The number of hydrogen-bond acceptors (Lipinski definition) is 3. The van der Waals surface area contributed by atoms with Gasteiger partial charge in [0, 0.05) is 17.6 Å². The van der Waals surface area contributed by atoms with E-state index in [0.29, 0.717) is 16.1 Å². The molecular formula is C13H17BrN2O2. The molecule has 98 valence electrons. The molecule has 2 unspecified atom stereocenters. The zero-order chi connectivity index (χ0) is 13.1. The maximum atomic E-state index is 12.0. The fourth-order valence-corrected chi connectivity index (χ4v) is 2.43. The van der Waals surface area contributed by atoms with Crippen LogP contribution in [0.5, 0.6) is 5.75 Å². The fourth-order valence-electron chi connectivity index (χ4n) is 2.19. The van der Waals surface area contributed by atoms with Crippen LogP contribution in [-0.4, -0.2) is 29.6 Å². The molecule has 1 heterocycles. The van der Waals surface area contributed by atoms with Gasteiger partial charge in [0.15, 0.2) is 0 Å². The molecule has 0 spiro atoms. The highest BCUT2D eigenvalue weighted by Gasteiger charge is 2.20. The van der Waals surface area contributed by atoms with Crippen LogP contribution >= 0.6 is 15.9 Å². The molecular weight excluding hydrogens is 296 g/mol. The van der Waals surface area contributed by atoms with Gasteiger partial charge in [-0.25, -0.2) is 0 Å². The zero-order valence-electron chi connectivity index (χ0n) is 10.2. The number of benzene rings is 1. The first-order chi connectivity index (χ1) is 8.56. The predicted octanol–water partition coefficient (Wildman–Crippen LogP) is 2.02. The number of hydrogen-bond donors (Lipinski definition) is 3. The minimum Gasteiger partial charge on any atom is -0.507 e. The molecule has 4 nitrogen and oxygen atoms in total. The van der Waals surface area contributed by atoms with E-state index in [1.807, 2.05) is 0 Å². The predicted molar refractivity (Wildman–Crippen MR) is 73.8 cm³/mol. The monoisotopic (exact) mass is 312 g/mol. The molecule has 1 fully saturated rings. The molecule has 0 aromatic heterocycles. The molecule has 1 aliphatic rings. The summed E-state index contributed by atoms with van der Waals surface area (Å²) in [5, 5.41) is 15.9. The number of piperidine rings is 1. The first-order valence-corrected chi connectivity index (χ1v) is 6.88. The van der Waals surface area contributed by atoms with Gasteiger partial charge in [-0.3, -0.25) is 4.79 Å². The van der Waals surface area contributed by atoms with Crippen molar-refractivity contribution in [2.24, 2.45) is 0 Å². The van der Waals surface area contributed by atoms with E-state index in [1.165, 1.54) is 6.07 Å². The van der Waals surface area contributed by atoms with E-state index in [4.69, 9.17) is 0 Å². The van der Waals surface area contributed by atoms with Crippen molar-refractivity contribution in [2.75, 3.05) is 6.54 Å². The van der Waals surface area contributed by atoms with Crippen LogP contribution in [-0.2, 0) is 0 Å². The van der Waals surface area contributed by atoms with Gasteiger partial charge in [-0.2, -0.15) is 0 Å². The highest BCUT2D eigenvalue weighted by molar-refractivity contribution is 9.10. The van der Waals surface area contributed by atoms with Gasteiger partial charge in [-0.1, -0.05) is 0 Å². The smallest absolute Gasteiger partial charge is 0.251 e. The van der Waals surface area contributed by atoms with Gasteiger partial charge in [0.1, 0.15) is 5.75 Å². The molecule has 1 aliphatic heterocycles. The molecule has 0 saturated carbocycles. The molecule has 1 aromatic carbocycles. The number of carbonyl (C=O) groups is 1. The first kappa shape index (κ1) is 13.4. The minimum atomic E-state index is -0.128. The van der Waals surface area contributed by atoms with Crippen LogP contribution in [0.4, 0.5) is 0 Å². The van der Waals surface area contributed by atoms with Gasteiger partial charge < -0.3 is 15.7 Å². The third kappa shape index (κ3) is 3.23. The van der Waals surface area contributed by atoms with Crippen molar-refractivity contribution < 1.29 is 9.90 Å². The Kier molecular flexibility index (Phi) is 4.24. The Morgan fingerprint density at radius 2 is 2.33 bits per heavy atom. The van der Waals surface area contributed by atoms with Crippen molar-refractivity contribution in [3.05, 3.63) is 28.2 Å². The first-order valence-electron chi connectivity index (χ1n) is 6.09. The number of phenols is 1. The quantitative estimate of drug-likeness (QED) is 0.783. The largest absolute Gasteiger partial charge is 0.507 e. The van der Waals surface area contributed by atoms with Gasteiger partial charge in [0.2, 0.25) is 0 Å². The van der Waals surface area contributed by atoms with E-state index < -0.39 is 0 Å². The summed E-state index contributed by atoms with van der Waals surface area (Å²) in [6, 6.07) is 5.49. The van der Waals surface area contributed by atoms with Gasteiger partial charge in [-0.05, 0) is 60.4 Å². The third-order valence-corrected chi connectivity index (χ3v) is 3.84. The van der Waals surface area contributed by atoms with E-state index in [9.17, 15) is 9.90 Å². The summed E-state index contributed by atoms with van der Waals surface area (Å²) < 4.78 is 0.592. The molecule has 1 aromatic rings. The zero-order valence-corrected chi connectivity index (χ0v) is 11.8. The SMILES string of the molecule is CC1CC(NC(=O)c2ccc(Br)c(O)c2)CCN1. The number of aromatic hydroxyl groups is 1. The molecule has 1 amide bonds. The van der Waals surface area contributed by atoms with Crippen LogP contribution in [0, 0.1) is 0 Å². The number of amides is 1. The Morgan fingerprint density at radius 1 is 1.56 bits per heavy atom. The molecule has 18 heavy (non-hydrogen) atoms. The molecule has 3 N–H and O–H groups in total. The van der Waals surface area contributed by atoms with Gasteiger partial charge in [-0.15, -0.1) is 0 Å². The summed E-state index contributed by atoms with van der Waals surface area (Å²) >= 11 is 3.19. The van der Waals surface area contributed by atoms with E-state index >= 15 is 0 Å². The van der Waals surface area contributed by atoms with Gasteiger partial charge >= 0.3 is 0 Å². The van der Waals surface area contributed by atoms with Crippen molar-refractivity contribution in [3.63, 3.8) is 0 Å². The van der Waals surface area contributed by atoms with Crippen molar-refractivity contribution in [2.45, 2.75) is 31.8 Å². The highest BCUT2D eigenvalue weighted by Crippen LogP contribution is 2.24. The lowest BCUT2D eigenvalue weighted by Gasteiger charge is -2.28. The summed E-state index contributed by atoms with van der Waals surface area (Å²) in [7, 11) is 0. The highest BCUT2D eigenvalue weighted by atomic mass is 79.9. The molecule has 0 aliphatic carbocycles. The van der Waals surface area contributed by atoms with Crippen LogP contribution in [0.2, 0.25) is 0 Å². The standard InChI is InChI=1S/C13H17BrN2O2/c1-8-6-10(4-5-15-8)16-13(18)9-2-3-11(14)12(17)7-9/h2-3,7-8,10,15,17H,4-6H2,1H3,(H,16,18). The average molecular weight is 313 g/mol. The van der Waals surface area contributed by atoms with E-state index in [1.54, 1.807) is 12.1 Å². The molecule has 5 heteroatoms. The number of carbonyl (C=O) groups excluding carboxylic acids is 1. The second-order valence-corrected chi connectivity index (χ2v) is 5.57. The molecule has 1 saturated heterocycles. The number of halogens is 1. The Morgan fingerprint density at radius 3 is 3.00 bits per heavy atom. The van der Waals surface area contributed by atoms with Crippen LogP contribution < -0.4 is 10.6 Å². The van der Waals surface area contributed by atoms with Gasteiger partial charge in [0.25, 0.3) is 5.91 Å². The van der Waals surface area contributed by atoms with Crippen molar-refractivity contribution >= 4 is 21.8 Å². The lowest BCUT2D eigenvalue weighted by molar-refractivity contribution is 0.0925. The van der Waals surface area contributed by atoms with Crippen molar-refractivity contribution in [1.82, 2.24) is 10.6 Å². The van der Waals surface area contributed by atoms with Crippen molar-refractivity contribution in [3.8, 4) is 5.75 Å². The van der Waals surface area contributed by atoms with Crippen LogP contribution in [0.1, 0.15) is 30.1 Å². The van der Waals surface area contributed by atoms with Crippen LogP contribution in [0.15, 0.2) is 22.7 Å². The second-order valence-electron chi connectivity index (χ2n) is 4.72. The van der Waals surface area contributed by atoms with Gasteiger partial charge in [0.05, 0.1) is 4.47 Å². The van der Waals surface area contributed by atoms with Crippen LogP contribution in [0.25, 0.3) is 0 Å². The Labute approximate surface area is 115 Å². The summed E-state index contributed by atoms with van der Waals surface area (Å²) in [6.45, 7) is 3.04. The van der Waals surface area contributed by atoms with Crippen LogP contribution in [0.3, 0.4) is 0 Å². The normalized spacial score (nSPS) is 23.7. The molecule has 2 rings (SSSR count). The number of rotatable bonds is 2. The van der Waals surface area contributed by atoms with E-state index in [-0.39, 0.29) is 17.7 Å². The molecule has 2 atom stereocenters. The summed E-state index contributed by atoms with van der Waals surface area (Å²) in [5.74, 6) is -0.0433. The Balaban J connectivity index is 2.00. The molecule has 0 bridgehead atoms. The number of nitrogens with one attached hydrogen (secondary N) is 2. The average Bonchev–Trinajstić information content (AvgIpc) is 2.32. The third-order valence-electron chi connectivity index (χ3n) is 3.17. The summed E-state index contributed by atoms with van der Waals surface area (Å²) in [5.41, 5.74) is 0.488. The lowest BCUT2D eigenvalue weighted by atomic mass is 10.0. The Bertz CT molecular complexity index is 451. The lowest BCUT2D eigenvalue weighted by Crippen LogP contribution is -2.46. The minimum absolute atomic E-state index is 0.0846. The second kappa shape index (κ2) is 5.71. The Hall–Kier alpha value is -1.07. The number of phenolic OH excluding ortho intramolecular Hbond substituents is 1. The van der Waals surface area contributed by atoms with E-state index in [2.05, 4.69) is 33.5 Å². The maximum Gasteiger partial charge on any atom is 0.251 e.